The number of thioether (sulfide) groups is 1. The molecule has 2 rings (SSSR count). The number of ether oxygens (including phenoxy) is 1. The van der Waals surface area contributed by atoms with Crippen LogP contribution >= 0.6 is 11.8 Å². The van der Waals surface area contributed by atoms with E-state index >= 15 is 0 Å². The molecule has 0 unspecified atom stereocenters. The van der Waals surface area contributed by atoms with Crippen LogP contribution in [0.1, 0.15) is 12.0 Å². The van der Waals surface area contributed by atoms with Gasteiger partial charge < -0.3 is 20.3 Å². The van der Waals surface area contributed by atoms with Gasteiger partial charge in [0.15, 0.2) is 0 Å². The van der Waals surface area contributed by atoms with Crippen molar-refractivity contribution in [1.82, 2.24) is 5.32 Å². The van der Waals surface area contributed by atoms with Crippen molar-refractivity contribution >= 4 is 29.2 Å². The van der Waals surface area contributed by atoms with Gasteiger partial charge in [-0.25, -0.2) is 4.79 Å². The normalized spacial score (nSPS) is 14.7. The van der Waals surface area contributed by atoms with Gasteiger partial charge in [-0.1, -0.05) is 0 Å². The molecule has 6 heteroatoms. The molecule has 0 spiro atoms. The van der Waals surface area contributed by atoms with E-state index in [4.69, 9.17) is 4.74 Å². The van der Waals surface area contributed by atoms with Crippen molar-refractivity contribution < 1.29 is 9.53 Å². The number of rotatable bonds is 6. The Morgan fingerprint density at radius 3 is 2.82 bits per heavy atom. The molecule has 2 N–H and O–H groups in total. The number of hydrogen-bond donors (Lipinski definition) is 2. The Hall–Kier alpha value is -1.40. The van der Waals surface area contributed by atoms with Gasteiger partial charge in [0.05, 0.1) is 0 Å². The fourth-order valence-electron chi connectivity index (χ4n) is 2.39. The average Bonchev–Trinajstić information content (AvgIpc) is 2.54. The highest BCUT2D eigenvalue weighted by Gasteiger charge is 2.12. The highest BCUT2D eigenvalue weighted by Crippen LogP contribution is 2.24. The predicted molar refractivity (Wildman–Crippen MR) is 94.2 cm³/mol. The van der Waals surface area contributed by atoms with Crippen LogP contribution in [-0.4, -0.2) is 50.9 Å². The van der Waals surface area contributed by atoms with Crippen LogP contribution in [0.25, 0.3) is 0 Å². The zero-order valence-corrected chi connectivity index (χ0v) is 14.2. The van der Waals surface area contributed by atoms with Gasteiger partial charge in [0.1, 0.15) is 0 Å². The number of amides is 2. The lowest BCUT2D eigenvalue weighted by molar-refractivity contribution is 0.194. The summed E-state index contributed by atoms with van der Waals surface area (Å²) in [6.45, 7) is 5.49. The first kappa shape index (κ1) is 17.0. The van der Waals surface area contributed by atoms with Gasteiger partial charge >= 0.3 is 6.03 Å². The second-order valence-electron chi connectivity index (χ2n) is 5.33. The second kappa shape index (κ2) is 8.90. The Balaban J connectivity index is 1.87. The smallest absolute Gasteiger partial charge is 0.319 e. The van der Waals surface area contributed by atoms with E-state index in [1.807, 2.05) is 24.8 Å². The van der Waals surface area contributed by atoms with Crippen molar-refractivity contribution in [3.05, 3.63) is 23.8 Å². The van der Waals surface area contributed by atoms with Crippen LogP contribution in [0.3, 0.4) is 0 Å². The molecule has 0 atom stereocenters. The van der Waals surface area contributed by atoms with Gasteiger partial charge in [-0.2, -0.15) is 11.8 Å². The van der Waals surface area contributed by atoms with Crippen LogP contribution in [0, 0.1) is 6.92 Å². The first-order valence-electron chi connectivity index (χ1n) is 7.68. The van der Waals surface area contributed by atoms with Gasteiger partial charge in [-0.15, -0.1) is 0 Å². The van der Waals surface area contributed by atoms with E-state index in [1.165, 1.54) is 17.2 Å². The molecule has 0 saturated carbocycles. The van der Waals surface area contributed by atoms with E-state index < -0.39 is 0 Å². The molecule has 1 saturated heterocycles. The fourth-order valence-corrected chi connectivity index (χ4v) is 3.29. The Labute approximate surface area is 136 Å². The highest BCUT2D eigenvalue weighted by atomic mass is 32.2. The third kappa shape index (κ3) is 5.10. The summed E-state index contributed by atoms with van der Waals surface area (Å²) in [7, 11) is 1.66. The quantitative estimate of drug-likeness (QED) is 0.791. The molecule has 1 aliphatic rings. The Morgan fingerprint density at radius 2 is 2.14 bits per heavy atom. The lowest BCUT2D eigenvalue weighted by atomic mass is 10.1. The summed E-state index contributed by atoms with van der Waals surface area (Å²) in [6, 6.07) is 6.06. The number of carbonyl (C=O) groups excluding carboxylic acids is 1. The summed E-state index contributed by atoms with van der Waals surface area (Å²) in [5, 5.41) is 5.73. The topological polar surface area (TPSA) is 53.6 Å². The minimum atomic E-state index is -0.165. The molecule has 122 valence electrons. The largest absolute Gasteiger partial charge is 0.385 e. The predicted octanol–water partition coefficient (Wildman–Crippen LogP) is 2.71. The summed E-state index contributed by atoms with van der Waals surface area (Å²) in [5.41, 5.74) is 3.19. The highest BCUT2D eigenvalue weighted by molar-refractivity contribution is 7.99. The monoisotopic (exact) mass is 323 g/mol. The van der Waals surface area contributed by atoms with E-state index in [0.29, 0.717) is 13.2 Å². The Kier molecular flexibility index (Phi) is 6.86. The number of aryl methyl sites for hydroxylation is 1. The van der Waals surface area contributed by atoms with Crippen LogP contribution in [0.2, 0.25) is 0 Å². The van der Waals surface area contributed by atoms with Crippen molar-refractivity contribution in [2.45, 2.75) is 13.3 Å². The summed E-state index contributed by atoms with van der Waals surface area (Å²) in [5.74, 6) is 2.37. The molecular formula is C16H25N3O2S. The maximum absolute atomic E-state index is 11.8. The third-order valence-electron chi connectivity index (χ3n) is 3.65. The lowest BCUT2D eigenvalue weighted by Gasteiger charge is -2.29. The van der Waals surface area contributed by atoms with E-state index in [9.17, 15) is 4.79 Å². The van der Waals surface area contributed by atoms with Gasteiger partial charge in [0, 0.05) is 56.2 Å². The van der Waals surface area contributed by atoms with Crippen molar-refractivity contribution in [3.63, 3.8) is 0 Å². The molecule has 1 aliphatic heterocycles. The maximum Gasteiger partial charge on any atom is 0.319 e. The van der Waals surface area contributed by atoms with Crippen molar-refractivity contribution in [2.75, 3.05) is 55.1 Å². The standard InChI is InChI=1S/C16H25N3O2S/c1-13-12-14(19-7-10-22-11-8-19)4-5-15(13)18-16(20)17-6-3-9-21-2/h4-5,12H,3,6-11H2,1-2H3,(H2,17,18,20). The average molecular weight is 323 g/mol. The first-order chi connectivity index (χ1) is 10.7. The molecule has 1 aromatic carbocycles. The van der Waals surface area contributed by atoms with Crippen LogP contribution in [0.4, 0.5) is 16.2 Å². The van der Waals surface area contributed by atoms with Crippen LogP contribution in [-0.2, 0) is 4.74 Å². The number of carbonyl (C=O) groups is 1. The Morgan fingerprint density at radius 1 is 1.36 bits per heavy atom. The third-order valence-corrected chi connectivity index (χ3v) is 4.59. The number of anilines is 2. The van der Waals surface area contributed by atoms with Crippen LogP contribution in [0.5, 0.6) is 0 Å². The van der Waals surface area contributed by atoms with Crippen molar-refractivity contribution in [1.29, 1.82) is 0 Å². The van der Waals surface area contributed by atoms with Gasteiger partial charge in [0.25, 0.3) is 0 Å². The molecule has 0 aliphatic carbocycles. The number of urea groups is 1. The summed E-state index contributed by atoms with van der Waals surface area (Å²) >= 11 is 2.00. The summed E-state index contributed by atoms with van der Waals surface area (Å²) in [4.78, 5) is 14.2. The SMILES string of the molecule is COCCCNC(=O)Nc1ccc(N2CCSCC2)cc1C. The Bertz CT molecular complexity index is 490. The first-order valence-corrected chi connectivity index (χ1v) is 8.83. The summed E-state index contributed by atoms with van der Waals surface area (Å²) in [6.07, 6.45) is 0.814. The maximum atomic E-state index is 11.8. The molecule has 2 amide bonds. The van der Waals surface area contributed by atoms with Crippen molar-refractivity contribution in [3.8, 4) is 0 Å². The molecule has 22 heavy (non-hydrogen) atoms. The second-order valence-corrected chi connectivity index (χ2v) is 6.55. The van der Waals surface area contributed by atoms with E-state index in [-0.39, 0.29) is 6.03 Å². The molecular weight excluding hydrogens is 298 g/mol. The van der Waals surface area contributed by atoms with Gasteiger partial charge in [-0.3, -0.25) is 0 Å². The lowest BCUT2D eigenvalue weighted by Crippen LogP contribution is -2.32. The molecule has 5 nitrogen and oxygen atoms in total. The zero-order chi connectivity index (χ0) is 15.8. The number of nitrogens with zero attached hydrogens (tertiary/aromatic N) is 1. The van der Waals surface area contributed by atoms with Crippen LogP contribution < -0.4 is 15.5 Å². The summed E-state index contributed by atoms with van der Waals surface area (Å²) < 4.78 is 4.95. The van der Waals surface area contributed by atoms with Crippen molar-refractivity contribution in [2.24, 2.45) is 0 Å². The zero-order valence-electron chi connectivity index (χ0n) is 13.4. The van der Waals surface area contributed by atoms with Gasteiger partial charge in [0.2, 0.25) is 0 Å². The molecule has 0 aromatic heterocycles. The number of methoxy groups -OCH3 is 1. The molecule has 0 radical (unpaired) electrons. The minimum Gasteiger partial charge on any atom is -0.385 e. The van der Waals surface area contributed by atoms with E-state index in [2.05, 4.69) is 27.7 Å². The molecule has 0 bridgehead atoms. The van der Waals surface area contributed by atoms with E-state index in [0.717, 1.165) is 30.8 Å². The number of benzene rings is 1. The number of nitrogens with one attached hydrogen (secondary N) is 2. The van der Waals surface area contributed by atoms with Gasteiger partial charge in [-0.05, 0) is 37.1 Å². The molecule has 1 heterocycles. The molecule has 1 aromatic rings. The fraction of sp³-hybridized carbons (Fsp3) is 0.562. The number of hydrogen-bond acceptors (Lipinski definition) is 4. The molecule has 1 fully saturated rings. The minimum absolute atomic E-state index is 0.165. The van der Waals surface area contributed by atoms with E-state index in [1.54, 1.807) is 7.11 Å². The van der Waals surface area contributed by atoms with Crippen LogP contribution in [0.15, 0.2) is 18.2 Å².